The van der Waals surface area contributed by atoms with Crippen LogP contribution in [0.3, 0.4) is 0 Å². The molecule has 1 rings (SSSR count). The van der Waals surface area contributed by atoms with Gasteiger partial charge in [0, 0.05) is 17.0 Å². The second kappa shape index (κ2) is 4.28. The molecule has 0 fully saturated rings. The highest BCUT2D eigenvalue weighted by Gasteiger charge is 2.19. The van der Waals surface area contributed by atoms with Crippen LogP contribution in [0.1, 0.15) is 34.2 Å². The molecule has 78 valence electrons. The maximum atomic E-state index is 11.5. The molecule has 4 heteroatoms. The summed E-state index contributed by atoms with van der Waals surface area (Å²) in [5.74, 6) is -0.376. The first-order valence-electron chi connectivity index (χ1n) is 4.57. The topological polar surface area (TPSA) is 62.3 Å². The molecule has 0 atom stereocenters. The first-order valence-corrected chi connectivity index (χ1v) is 4.57. The predicted molar refractivity (Wildman–Crippen MR) is 52.1 cm³/mol. The van der Waals surface area contributed by atoms with Crippen LogP contribution >= 0.6 is 0 Å². The summed E-state index contributed by atoms with van der Waals surface area (Å²) >= 11 is 0. The fourth-order valence-corrected chi connectivity index (χ4v) is 1.51. The minimum atomic E-state index is -0.376. The van der Waals surface area contributed by atoms with E-state index in [4.69, 9.17) is 9.84 Å². The summed E-state index contributed by atoms with van der Waals surface area (Å²) in [6, 6.07) is 0. The van der Waals surface area contributed by atoms with Crippen LogP contribution in [0.4, 0.5) is 0 Å². The third kappa shape index (κ3) is 1.80. The molecule has 0 aliphatic carbocycles. The lowest BCUT2D eigenvalue weighted by molar-refractivity contribution is 0.0522. The van der Waals surface area contributed by atoms with Crippen molar-refractivity contribution in [1.82, 2.24) is 4.98 Å². The fraction of sp³-hybridized carbons (Fsp3) is 0.500. The van der Waals surface area contributed by atoms with Gasteiger partial charge in [0.25, 0.3) is 0 Å². The largest absolute Gasteiger partial charge is 0.462 e. The van der Waals surface area contributed by atoms with Crippen molar-refractivity contribution in [2.75, 3.05) is 6.61 Å². The van der Waals surface area contributed by atoms with E-state index in [1.54, 1.807) is 13.8 Å². The van der Waals surface area contributed by atoms with Gasteiger partial charge in [0.1, 0.15) is 0 Å². The number of aryl methyl sites for hydroxylation is 2. The van der Waals surface area contributed by atoms with Crippen LogP contribution in [-0.4, -0.2) is 22.7 Å². The molecule has 2 N–H and O–H groups in total. The quantitative estimate of drug-likeness (QED) is 0.718. The van der Waals surface area contributed by atoms with Gasteiger partial charge in [-0.15, -0.1) is 0 Å². The van der Waals surface area contributed by atoms with E-state index in [0.29, 0.717) is 17.7 Å². The number of carbonyl (C=O) groups is 1. The maximum Gasteiger partial charge on any atom is 0.340 e. The average Bonchev–Trinajstić information content (AvgIpc) is 2.40. The molecule has 0 saturated heterocycles. The predicted octanol–water partition coefficient (Wildman–Crippen LogP) is 1.30. The molecule has 1 aromatic rings. The zero-order chi connectivity index (χ0) is 10.7. The number of rotatable bonds is 3. The minimum Gasteiger partial charge on any atom is -0.462 e. The minimum absolute atomic E-state index is 0.148. The molecule has 0 aliphatic rings. The Morgan fingerprint density at radius 1 is 1.43 bits per heavy atom. The van der Waals surface area contributed by atoms with Gasteiger partial charge < -0.3 is 14.8 Å². The second-order valence-electron chi connectivity index (χ2n) is 3.11. The molecule has 0 saturated carbocycles. The van der Waals surface area contributed by atoms with E-state index in [-0.39, 0.29) is 12.6 Å². The Balaban J connectivity index is 3.11. The number of ether oxygens (including phenoxy) is 1. The molecule has 0 unspecified atom stereocenters. The smallest absolute Gasteiger partial charge is 0.340 e. The number of hydrogen-bond acceptors (Lipinski definition) is 3. The summed E-state index contributed by atoms with van der Waals surface area (Å²) in [6.07, 6.45) is 0. The van der Waals surface area contributed by atoms with E-state index in [1.807, 2.05) is 6.92 Å². The van der Waals surface area contributed by atoms with Gasteiger partial charge in [0.05, 0.1) is 18.8 Å². The van der Waals surface area contributed by atoms with Crippen molar-refractivity contribution < 1.29 is 14.6 Å². The molecule has 0 amide bonds. The Labute approximate surface area is 82.9 Å². The molecule has 1 aromatic heterocycles. The van der Waals surface area contributed by atoms with Crippen molar-refractivity contribution >= 4 is 5.97 Å². The van der Waals surface area contributed by atoms with E-state index < -0.39 is 0 Å². The van der Waals surface area contributed by atoms with Gasteiger partial charge in [-0.05, 0) is 20.8 Å². The van der Waals surface area contributed by atoms with Gasteiger partial charge in [0.2, 0.25) is 0 Å². The molecule has 0 aromatic carbocycles. The van der Waals surface area contributed by atoms with Gasteiger partial charge in [-0.2, -0.15) is 0 Å². The Bertz CT molecular complexity index is 341. The Kier molecular flexibility index (Phi) is 3.30. The summed E-state index contributed by atoms with van der Waals surface area (Å²) in [5.41, 5.74) is 2.64. The first-order chi connectivity index (χ1) is 6.61. The van der Waals surface area contributed by atoms with Gasteiger partial charge in [-0.3, -0.25) is 0 Å². The van der Waals surface area contributed by atoms with E-state index in [2.05, 4.69) is 4.98 Å². The number of aromatic nitrogens is 1. The standard InChI is InChI=1S/C10H15NO3/c1-4-14-10(13)9-7(3)11-6(2)8(9)5-12/h11-12H,4-5H2,1-3H3. The monoisotopic (exact) mass is 197 g/mol. The van der Waals surface area contributed by atoms with Crippen molar-refractivity contribution in [3.63, 3.8) is 0 Å². The number of aliphatic hydroxyl groups is 1. The van der Waals surface area contributed by atoms with Crippen LogP contribution in [-0.2, 0) is 11.3 Å². The van der Waals surface area contributed by atoms with E-state index >= 15 is 0 Å². The summed E-state index contributed by atoms with van der Waals surface area (Å²) in [4.78, 5) is 14.5. The molecule has 1 heterocycles. The van der Waals surface area contributed by atoms with Crippen molar-refractivity contribution in [1.29, 1.82) is 0 Å². The molecular weight excluding hydrogens is 182 g/mol. The summed E-state index contributed by atoms with van der Waals surface area (Å²) in [5, 5.41) is 9.10. The van der Waals surface area contributed by atoms with Crippen molar-refractivity contribution in [3.8, 4) is 0 Å². The fourth-order valence-electron chi connectivity index (χ4n) is 1.51. The number of aromatic amines is 1. The molecule has 0 aliphatic heterocycles. The number of nitrogens with one attached hydrogen (secondary N) is 1. The van der Waals surface area contributed by atoms with Gasteiger partial charge in [-0.25, -0.2) is 4.79 Å². The summed E-state index contributed by atoms with van der Waals surface area (Å²) in [6.45, 7) is 5.56. The average molecular weight is 197 g/mol. The number of carbonyl (C=O) groups excluding carboxylic acids is 1. The normalized spacial score (nSPS) is 10.3. The number of esters is 1. The zero-order valence-corrected chi connectivity index (χ0v) is 8.68. The highest BCUT2D eigenvalue weighted by molar-refractivity contribution is 5.92. The Hall–Kier alpha value is -1.29. The van der Waals surface area contributed by atoms with Crippen molar-refractivity contribution in [3.05, 3.63) is 22.5 Å². The van der Waals surface area contributed by atoms with Gasteiger partial charge in [0.15, 0.2) is 0 Å². The number of aliphatic hydroxyl groups excluding tert-OH is 1. The lowest BCUT2D eigenvalue weighted by atomic mass is 10.1. The van der Waals surface area contributed by atoms with Crippen LogP contribution < -0.4 is 0 Å². The zero-order valence-electron chi connectivity index (χ0n) is 8.68. The number of hydrogen-bond donors (Lipinski definition) is 2. The first kappa shape index (κ1) is 10.8. The molecule has 4 nitrogen and oxygen atoms in total. The highest BCUT2D eigenvalue weighted by atomic mass is 16.5. The molecule has 0 spiro atoms. The third-order valence-corrected chi connectivity index (χ3v) is 2.14. The maximum absolute atomic E-state index is 11.5. The van der Waals surface area contributed by atoms with Gasteiger partial charge >= 0.3 is 5.97 Å². The summed E-state index contributed by atoms with van der Waals surface area (Å²) in [7, 11) is 0. The molecular formula is C10H15NO3. The SMILES string of the molecule is CCOC(=O)c1c(C)[nH]c(C)c1CO. The number of H-pyrrole nitrogens is 1. The molecule has 14 heavy (non-hydrogen) atoms. The van der Waals surface area contributed by atoms with Gasteiger partial charge in [-0.1, -0.05) is 0 Å². The lowest BCUT2D eigenvalue weighted by Gasteiger charge is -2.03. The molecule has 0 bridgehead atoms. The second-order valence-corrected chi connectivity index (χ2v) is 3.11. The van der Waals surface area contributed by atoms with Crippen LogP contribution in [0.15, 0.2) is 0 Å². The van der Waals surface area contributed by atoms with Crippen molar-refractivity contribution in [2.45, 2.75) is 27.4 Å². The highest BCUT2D eigenvalue weighted by Crippen LogP contribution is 2.19. The Morgan fingerprint density at radius 2 is 2.07 bits per heavy atom. The summed E-state index contributed by atoms with van der Waals surface area (Å²) < 4.78 is 4.89. The van der Waals surface area contributed by atoms with E-state index in [0.717, 1.165) is 11.4 Å². The third-order valence-electron chi connectivity index (χ3n) is 2.14. The Morgan fingerprint density at radius 3 is 2.57 bits per heavy atom. The molecule has 0 radical (unpaired) electrons. The lowest BCUT2D eigenvalue weighted by Crippen LogP contribution is -2.08. The van der Waals surface area contributed by atoms with Crippen LogP contribution in [0.5, 0.6) is 0 Å². The van der Waals surface area contributed by atoms with Crippen LogP contribution in [0, 0.1) is 13.8 Å². The van der Waals surface area contributed by atoms with E-state index in [1.165, 1.54) is 0 Å². The van der Waals surface area contributed by atoms with E-state index in [9.17, 15) is 4.79 Å². The van der Waals surface area contributed by atoms with Crippen molar-refractivity contribution in [2.24, 2.45) is 0 Å². The van der Waals surface area contributed by atoms with Crippen LogP contribution in [0.25, 0.3) is 0 Å². The van der Waals surface area contributed by atoms with Crippen LogP contribution in [0.2, 0.25) is 0 Å².